The second-order valence-corrected chi connectivity index (χ2v) is 11.8. The predicted octanol–water partition coefficient (Wildman–Crippen LogP) is 5.88. The Kier molecular flexibility index (Phi) is 11.7. The van der Waals surface area contributed by atoms with Crippen molar-refractivity contribution in [1.82, 2.24) is 10.2 Å². The van der Waals surface area contributed by atoms with Crippen LogP contribution < -0.4 is 15.4 Å². The third-order valence-corrected chi connectivity index (χ3v) is 6.50. The number of hydrogen-bond acceptors (Lipinski definition) is 6. The molecule has 8 nitrogen and oxygen atoms in total. The zero-order valence-corrected chi connectivity index (χ0v) is 25.4. The van der Waals surface area contributed by atoms with E-state index < -0.39 is 23.8 Å². The van der Waals surface area contributed by atoms with Crippen LogP contribution in [-0.2, 0) is 14.3 Å². The van der Waals surface area contributed by atoms with Gasteiger partial charge < -0.3 is 25.0 Å². The molecule has 9 heteroatoms. The summed E-state index contributed by atoms with van der Waals surface area (Å²) in [5.41, 5.74) is 2.52. The van der Waals surface area contributed by atoms with Crippen molar-refractivity contribution >= 4 is 35.4 Å². The van der Waals surface area contributed by atoms with Gasteiger partial charge in [0.25, 0.3) is 5.91 Å². The maximum atomic E-state index is 14.2. The number of nitrogens with zero attached hydrogens (tertiary/aromatic N) is 1. The molecule has 0 aliphatic heterocycles. The highest BCUT2D eigenvalue weighted by Crippen LogP contribution is 2.29. The number of thioether (sulfide) groups is 1. The third-order valence-electron chi connectivity index (χ3n) is 5.85. The summed E-state index contributed by atoms with van der Waals surface area (Å²) in [7, 11) is 1.58. The molecule has 0 radical (unpaired) electrons. The number of hydrogen-bond donors (Lipinski definition) is 2. The van der Waals surface area contributed by atoms with Gasteiger partial charge in [-0.15, -0.1) is 0 Å². The molecule has 0 saturated heterocycles. The molecule has 3 amide bonds. The van der Waals surface area contributed by atoms with E-state index in [1.54, 1.807) is 68.8 Å². The van der Waals surface area contributed by atoms with Crippen LogP contribution in [0.25, 0.3) is 0 Å². The summed E-state index contributed by atoms with van der Waals surface area (Å²) in [5.74, 6) is 0.611. The van der Waals surface area contributed by atoms with Gasteiger partial charge in [0.2, 0.25) is 5.91 Å². The van der Waals surface area contributed by atoms with Crippen LogP contribution in [0, 0.1) is 13.8 Å². The number of carbonyl (C=O) groups excluding carboxylic acids is 3. The van der Waals surface area contributed by atoms with Crippen molar-refractivity contribution < 1.29 is 23.9 Å². The first-order chi connectivity index (χ1) is 18.2. The molecule has 0 bridgehead atoms. The number of nitrogens with one attached hydrogen (secondary N) is 2. The first kappa shape index (κ1) is 32.0. The fourth-order valence-electron chi connectivity index (χ4n) is 4.29. The average molecular weight is 558 g/mol. The minimum atomic E-state index is -0.935. The molecule has 39 heavy (non-hydrogen) atoms. The van der Waals surface area contributed by atoms with Crippen molar-refractivity contribution in [1.29, 1.82) is 0 Å². The molecular weight excluding hydrogens is 514 g/mol. The number of benzene rings is 2. The molecule has 0 fully saturated rings. The van der Waals surface area contributed by atoms with Crippen molar-refractivity contribution in [2.75, 3.05) is 24.4 Å². The lowest BCUT2D eigenvalue weighted by atomic mass is 9.97. The van der Waals surface area contributed by atoms with Gasteiger partial charge >= 0.3 is 6.09 Å². The summed E-state index contributed by atoms with van der Waals surface area (Å²) < 4.78 is 10.7. The number of carbonyl (C=O) groups is 3. The van der Waals surface area contributed by atoms with Gasteiger partial charge in [-0.2, -0.15) is 11.8 Å². The van der Waals surface area contributed by atoms with E-state index >= 15 is 0 Å². The number of rotatable bonds is 11. The summed E-state index contributed by atoms with van der Waals surface area (Å²) in [6.45, 7) is 13.0. The van der Waals surface area contributed by atoms with Crippen LogP contribution in [-0.4, -0.2) is 59.6 Å². The van der Waals surface area contributed by atoms with Crippen molar-refractivity contribution in [3.63, 3.8) is 0 Å². The first-order valence-corrected chi connectivity index (χ1v) is 14.5. The standard InChI is InChI=1S/C30H43N3O5S/c1-19(2)33(28(35)25(14-15-39-9)32-29(36)38-30(5,6)7)26(22-17-20(3)16-21(4)18-22)27(34)31-23-10-12-24(37-8)13-11-23/h10-13,16-19,25-26H,14-15H2,1-9H3,(H,31,34)(H,32,36). The maximum Gasteiger partial charge on any atom is 0.408 e. The zero-order valence-electron chi connectivity index (χ0n) is 24.6. The molecule has 2 atom stereocenters. The first-order valence-electron chi connectivity index (χ1n) is 13.1. The topological polar surface area (TPSA) is 97.0 Å². The molecule has 2 aromatic carbocycles. The monoisotopic (exact) mass is 557 g/mol. The highest BCUT2D eigenvalue weighted by atomic mass is 32.2. The minimum absolute atomic E-state index is 0.345. The summed E-state index contributed by atoms with van der Waals surface area (Å²) in [6, 6.07) is 10.7. The summed E-state index contributed by atoms with van der Waals surface area (Å²) in [6.07, 6.45) is 1.66. The molecule has 0 saturated carbocycles. The lowest BCUT2D eigenvalue weighted by molar-refractivity contribution is -0.143. The van der Waals surface area contributed by atoms with Gasteiger partial charge in [-0.1, -0.05) is 29.3 Å². The van der Waals surface area contributed by atoms with Crippen LogP contribution in [0.3, 0.4) is 0 Å². The predicted molar refractivity (Wildman–Crippen MR) is 158 cm³/mol. The van der Waals surface area contributed by atoms with Crippen LogP contribution in [0.2, 0.25) is 0 Å². The second kappa shape index (κ2) is 14.3. The van der Waals surface area contributed by atoms with Gasteiger partial charge in [0.15, 0.2) is 0 Å². The largest absolute Gasteiger partial charge is 0.497 e. The molecule has 2 rings (SSSR count). The maximum absolute atomic E-state index is 14.2. The normalized spacial score (nSPS) is 12.9. The second-order valence-electron chi connectivity index (χ2n) is 10.9. The Labute approximate surface area is 237 Å². The van der Waals surface area contributed by atoms with E-state index in [2.05, 4.69) is 10.6 Å². The summed E-state index contributed by atoms with van der Waals surface area (Å²) >= 11 is 1.58. The van der Waals surface area contributed by atoms with E-state index in [1.165, 1.54) is 0 Å². The Balaban J connectivity index is 2.53. The van der Waals surface area contributed by atoms with Crippen molar-refractivity contribution in [3.8, 4) is 5.75 Å². The van der Waals surface area contributed by atoms with Crippen molar-refractivity contribution in [2.45, 2.75) is 78.6 Å². The zero-order chi connectivity index (χ0) is 29.3. The Morgan fingerprint density at radius 2 is 1.59 bits per heavy atom. The molecule has 0 aromatic heterocycles. The SMILES string of the molecule is COc1ccc(NC(=O)C(c2cc(C)cc(C)c2)N(C(=O)C(CCSC)NC(=O)OC(C)(C)C)C(C)C)cc1. The Hall–Kier alpha value is -3.20. The number of methoxy groups -OCH3 is 1. The van der Waals surface area contributed by atoms with Crippen molar-refractivity contribution in [2.24, 2.45) is 0 Å². The van der Waals surface area contributed by atoms with Crippen LogP contribution in [0.4, 0.5) is 10.5 Å². The molecular formula is C30H43N3O5S. The number of alkyl carbamates (subject to hydrolysis) is 1. The lowest BCUT2D eigenvalue weighted by Crippen LogP contribution is -2.54. The number of ether oxygens (including phenoxy) is 2. The summed E-state index contributed by atoms with van der Waals surface area (Å²) in [5, 5.41) is 5.73. The molecule has 2 N–H and O–H groups in total. The van der Waals surface area contributed by atoms with Crippen molar-refractivity contribution in [3.05, 3.63) is 59.2 Å². The van der Waals surface area contributed by atoms with E-state index in [1.807, 2.05) is 52.1 Å². The Morgan fingerprint density at radius 1 is 1.00 bits per heavy atom. The molecule has 0 aliphatic rings. The van der Waals surface area contributed by atoms with E-state index in [4.69, 9.17) is 9.47 Å². The van der Waals surface area contributed by atoms with Gasteiger partial charge in [-0.25, -0.2) is 4.79 Å². The quantitative estimate of drug-likeness (QED) is 0.358. The van der Waals surface area contributed by atoms with Gasteiger partial charge in [-0.05, 0) is 96.7 Å². The molecule has 0 heterocycles. The molecule has 2 aromatic rings. The fraction of sp³-hybridized carbons (Fsp3) is 0.500. The third kappa shape index (κ3) is 9.80. The van der Waals surface area contributed by atoms with Gasteiger partial charge in [0.1, 0.15) is 23.4 Å². The highest BCUT2D eigenvalue weighted by Gasteiger charge is 2.38. The Morgan fingerprint density at radius 3 is 2.08 bits per heavy atom. The number of anilines is 1. The smallest absolute Gasteiger partial charge is 0.408 e. The van der Waals surface area contributed by atoms with E-state index in [9.17, 15) is 14.4 Å². The van der Waals surface area contributed by atoms with Gasteiger partial charge in [0.05, 0.1) is 7.11 Å². The van der Waals surface area contributed by atoms with E-state index in [0.29, 0.717) is 29.2 Å². The fourth-order valence-corrected chi connectivity index (χ4v) is 4.77. The van der Waals surface area contributed by atoms with Gasteiger partial charge in [-0.3, -0.25) is 9.59 Å². The number of aryl methyl sites for hydroxylation is 2. The Bertz CT molecular complexity index is 1110. The highest BCUT2D eigenvalue weighted by molar-refractivity contribution is 7.98. The number of amides is 3. The molecule has 0 spiro atoms. The van der Waals surface area contributed by atoms with Gasteiger partial charge in [0, 0.05) is 11.7 Å². The molecule has 2 unspecified atom stereocenters. The van der Waals surface area contributed by atoms with Crippen LogP contribution in [0.1, 0.15) is 63.8 Å². The summed E-state index contributed by atoms with van der Waals surface area (Å²) in [4.78, 5) is 42.4. The molecule has 0 aliphatic carbocycles. The average Bonchev–Trinajstić information content (AvgIpc) is 2.83. The minimum Gasteiger partial charge on any atom is -0.497 e. The van der Waals surface area contributed by atoms with E-state index in [0.717, 1.165) is 11.1 Å². The van der Waals surface area contributed by atoms with Crippen LogP contribution >= 0.6 is 11.8 Å². The van der Waals surface area contributed by atoms with E-state index in [-0.39, 0.29) is 17.9 Å². The van der Waals surface area contributed by atoms with Crippen LogP contribution in [0.15, 0.2) is 42.5 Å². The van der Waals surface area contributed by atoms with Crippen LogP contribution in [0.5, 0.6) is 5.75 Å². The molecule has 214 valence electrons. The lowest BCUT2D eigenvalue weighted by Gasteiger charge is -2.37.